The van der Waals surface area contributed by atoms with Gasteiger partial charge in [0.05, 0.1) is 13.2 Å². The zero-order valence-electron chi connectivity index (χ0n) is 13.8. The van der Waals surface area contributed by atoms with Crippen molar-refractivity contribution in [2.45, 2.75) is 64.8 Å². The zero-order valence-corrected chi connectivity index (χ0v) is 13.8. The van der Waals surface area contributed by atoms with Crippen molar-refractivity contribution in [3.05, 3.63) is 0 Å². The Morgan fingerprint density at radius 3 is 2.15 bits per heavy atom. The molecule has 0 amide bonds. The van der Waals surface area contributed by atoms with Crippen LogP contribution in [0.15, 0.2) is 0 Å². The minimum atomic E-state index is 0.227. The van der Waals surface area contributed by atoms with Crippen molar-refractivity contribution >= 4 is 0 Å². The number of hydrogen-bond acceptors (Lipinski definition) is 3. The molecule has 0 bridgehead atoms. The van der Waals surface area contributed by atoms with Crippen LogP contribution in [0.2, 0.25) is 0 Å². The van der Waals surface area contributed by atoms with E-state index in [1.54, 1.807) is 0 Å². The second kappa shape index (κ2) is 7.24. The van der Waals surface area contributed by atoms with Gasteiger partial charge in [-0.1, -0.05) is 25.7 Å². The molecule has 2 aliphatic rings. The van der Waals surface area contributed by atoms with Crippen LogP contribution in [0.3, 0.4) is 0 Å². The maximum absolute atomic E-state index is 5.50. The van der Waals surface area contributed by atoms with E-state index in [0.717, 1.165) is 26.3 Å². The van der Waals surface area contributed by atoms with Crippen LogP contribution in [0.25, 0.3) is 0 Å². The van der Waals surface area contributed by atoms with Gasteiger partial charge < -0.3 is 10.1 Å². The van der Waals surface area contributed by atoms with Crippen LogP contribution >= 0.6 is 0 Å². The summed E-state index contributed by atoms with van der Waals surface area (Å²) in [6.07, 6.45) is 8.48. The minimum Gasteiger partial charge on any atom is -0.379 e. The standard InChI is InChI=1S/C17H34N2O/c1-16(2,3)18-14-17(8-6-4-5-7-9-17)15-19-10-12-20-13-11-19/h18H,4-15H2,1-3H3. The van der Waals surface area contributed by atoms with Crippen LogP contribution < -0.4 is 5.32 Å². The first-order valence-corrected chi connectivity index (χ1v) is 8.54. The maximum atomic E-state index is 5.50. The van der Waals surface area contributed by atoms with E-state index in [1.165, 1.54) is 51.6 Å². The van der Waals surface area contributed by atoms with Crippen molar-refractivity contribution in [3.63, 3.8) is 0 Å². The van der Waals surface area contributed by atoms with Crippen LogP contribution in [0.4, 0.5) is 0 Å². The molecule has 2 rings (SSSR count). The fourth-order valence-corrected chi connectivity index (χ4v) is 3.56. The monoisotopic (exact) mass is 282 g/mol. The van der Waals surface area contributed by atoms with Crippen molar-refractivity contribution in [2.24, 2.45) is 5.41 Å². The lowest BCUT2D eigenvalue weighted by atomic mass is 9.79. The molecule has 0 unspecified atom stereocenters. The van der Waals surface area contributed by atoms with Crippen molar-refractivity contribution in [1.82, 2.24) is 10.2 Å². The Kier molecular flexibility index (Phi) is 5.88. The van der Waals surface area contributed by atoms with E-state index in [9.17, 15) is 0 Å². The first-order chi connectivity index (χ1) is 9.49. The smallest absolute Gasteiger partial charge is 0.0594 e. The van der Waals surface area contributed by atoms with Gasteiger partial charge in [0.15, 0.2) is 0 Å². The van der Waals surface area contributed by atoms with Crippen LogP contribution in [-0.4, -0.2) is 49.8 Å². The third-order valence-electron chi connectivity index (χ3n) is 4.82. The van der Waals surface area contributed by atoms with E-state index in [4.69, 9.17) is 4.74 Å². The third kappa shape index (κ3) is 5.34. The Bertz CT molecular complexity index is 271. The van der Waals surface area contributed by atoms with E-state index in [1.807, 2.05) is 0 Å². The van der Waals surface area contributed by atoms with Gasteiger partial charge in [-0.3, -0.25) is 4.90 Å². The lowest BCUT2D eigenvalue weighted by molar-refractivity contribution is 0.0110. The summed E-state index contributed by atoms with van der Waals surface area (Å²) in [6.45, 7) is 13.4. The average molecular weight is 282 g/mol. The second-order valence-electron chi connectivity index (χ2n) is 7.91. The highest BCUT2D eigenvalue weighted by molar-refractivity contribution is 4.89. The number of nitrogens with zero attached hydrogens (tertiary/aromatic N) is 1. The number of nitrogens with one attached hydrogen (secondary N) is 1. The first-order valence-electron chi connectivity index (χ1n) is 8.54. The summed E-state index contributed by atoms with van der Waals surface area (Å²) in [5.74, 6) is 0. The van der Waals surface area contributed by atoms with Gasteiger partial charge in [0, 0.05) is 31.7 Å². The van der Waals surface area contributed by atoms with Crippen molar-refractivity contribution in [3.8, 4) is 0 Å². The maximum Gasteiger partial charge on any atom is 0.0594 e. The summed E-state index contributed by atoms with van der Waals surface area (Å²) >= 11 is 0. The molecule has 20 heavy (non-hydrogen) atoms. The quantitative estimate of drug-likeness (QED) is 0.802. The molecule has 1 aliphatic carbocycles. The predicted molar refractivity (Wildman–Crippen MR) is 85.1 cm³/mol. The van der Waals surface area contributed by atoms with Gasteiger partial charge in [-0.25, -0.2) is 0 Å². The van der Waals surface area contributed by atoms with Crippen LogP contribution in [0.1, 0.15) is 59.3 Å². The highest BCUT2D eigenvalue weighted by Gasteiger charge is 2.34. The lowest BCUT2D eigenvalue weighted by Gasteiger charge is -2.41. The van der Waals surface area contributed by atoms with E-state index in [2.05, 4.69) is 31.0 Å². The summed E-state index contributed by atoms with van der Waals surface area (Å²) in [6, 6.07) is 0. The molecule has 3 heteroatoms. The van der Waals surface area contributed by atoms with Crippen LogP contribution in [-0.2, 0) is 4.74 Å². The van der Waals surface area contributed by atoms with Gasteiger partial charge in [-0.2, -0.15) is 0 Å². The Balaban J connectivity index is 1.97. The molecule has 0 radical (unpaired) electrons. The van der Waals surface area contributed by atoms with Gasteiger partial charge in [0.2, 0.25) is 0 Å². The molecule has 0 aromatic heterocycles. The van der Waals surface area contributed by atoms with E-state index < -0.39 is 0 Å². The van der Waals surface area contributed by atoms with E-state index in [-0.39, 0.29) is 5.54 Å². The summed E-state index contributed by atoms with van der Waals surface area (Å²) < 4.78 is 5.50. The van der Waals surface area contributed by atoms with Crippen molar-refractivity contribution in [1.29, 1.82) is 0 Å². The Morgan fingerprint density at radius 1 is 1.00 bits per heavy atom. The molecule has 0 aromatic carbocycles. The fourth-order valence-electron chi connectivity index (χ4n) is 3.56. The summed E-state index contributed by atoms with van der Waals surface area (Å²) in [7, 11) is 0. The Hall–Kier alpha value is -0.120. The zero-order chi connectivity index (χ0) is 14.5. The Morgan fingerprint density at radius 2 is 1.60 bits per heavy atom. The average Bonchev–Trinajstić information content (AvgIpc) is 2.63. The number of rotatable bonds is 4. The first kappa shape index (κ1) is 16.3. The molecule has 1 saturated heterocycles. The number of morpholine rings is 1. The largest absolute Gasteiger partial charge is 0.379 e. The van der Waals surface area contributed by atoms with Crippen LogP contribution in [0, 0.1) is 5.41 Å². The van der Waals surface area contributed by atoms with E-state index in [0.29, 0.717) is 5.41 Å². The van der Waals surface area contributed by atoms with Gasteiger partial charge in [-0.15, -0.1) is 0 Å². The van der Waals surface area contributed by atoms with Gasteiger partial charge in [-0.05, 0) is 39.0 Å². The molecule has 3 nitrogen and oxygen atoms in total. The number of hydrogen-bond donors (Lipinski definition) is 1. The molecule has 2 fully saturated rings. The normalized spacial score (nSPS) is 25.4. The summed E-state index contributed by atoms with van der Waals surface area (Å²) in [5.41, 5.74) is 0.714. The highest BCUT2D eigenvalue weighted by Crippen LogP contribution is 2.36. The second-order valence-corrected chi connectivity index (χ2v) is 7.91. The predicted octanol–water partition coefficient (Wildman–Crippen LogP) is 3.05. The molecule has 118 valence electrons. The molecule has 1 N–H and O–H groups in total. The fraction of sp³-hybridized carbons (Fsp3) is 1.00. The molecule has 1 saturated carbocycles. The third-order valence-corrected chi connectivity index (χ3v) is 4.82. The Labute approximate surface area is 125 Å². The lowest BCUT2D eigenvalue weighted by Crippen LogP contribution is -2.50. The topological polar surface area (TPSA) is 24.5 Å². The van der Waals surface area contributed by atoms with Gasteiger partial charge in [0.25, 0.3) is 0 Å². The van der Waals surface area contributed by atoms with E-state index >= 15 is 0 Å². The van der Waals surface area contributed by atoms with Gasteiger partial charge >= 0.3 is 0 Å². The van der Waals surface area contributed by atoms with Crippen molar-refractivity contribution < 1.29 is 4.74 Å². The van der Waals surface area contributed by atoms with Gasteiger partial charge in [0.1, 0.15) is 0 Å². The molecular formula is C17H34N2O. The van der Waals surface area contributed by atoms with Crippen molar-refractivity contribution in [2.75, 3.05) is 39.4 Å². The molecular weight excluding hydrogens is 248 g/mol. The molecule has 0 spiro atoms. The molecule has 1 heterocycles. The molecule has 0 aromatic rings. The molecule has 0 atom stereocenters. The SMILES string of the molecule is CC(C)(C)NCC1(CN2CCOCC2)CCCCCC1. The summed E-state index contributed by atoms with van der Waals surface area (Å²) in [5, 5.41) is 3.79. The number of ether oxygens (including phenoxy) is 1. The minimum absolute atomic E-state index is 0.227. The highest BCUT2D eigenvalue weighted by atomic mass is 16.5. The molecule has 1 aliphatic heterocycles. The van der Waals surface area contributed by atoms with Crippen LogP contribution in [0.5, 0.6) is 0 Å². The summed E-state index contributed by atoms with van der Waals surface area (Å²) in [4.78, 5) is 2.64.